The highest BCUT2D eigenvalue weighted by Crippen LogP contribution is 2.26. The Labute approximate surface area is 240 Å². The molecule has 0 aliphatic carbocycles. The van der Waals surface area contributed by atoms with E-state index in [0.717, 1.165) is 21.0 Å². The molecule has 1 amide bonds. The van der Waals surface area contributed by atoms with Gasteiger partial charge in [-0.1, -0.05) is 67.9 Å². The molecule has 0 bridgehead atoms. The number of carbonyl (C=O) groups is 1. The topological polar surface area (TPSA) is 88.1 Å². The van der Waals surface area contributed by atoms with Crippen molar-refractivity contribution in [1.82, 2.24) is 5.43 Å². The number of ether oxygens (including phenoxy) is 1. The predicted molar refractivity (Wildman–Crippen MR) is 159 cm³/mol. The van der Waals surface area contributed by atoms with Gasteiger partial charge in [0, 0.05) is 5.02 Å². The average Bonchev–Trinajstić information content (AvgIpc) is 2.96. The molecule has 1 N–H and O–H groups in total. The molecule has 40 heavy (non-hydrogen) atoms. The van der Waals surface area contributed by atoms with Gasteiger partial charge in [-0.25, -0.2) is 13.8 Å². The minimum Gasteiger partial charge on any atom is -0.489 e. The molecule has 0 spiro atoms. The maximum absolute atomic E-state index is 13.5. The molecule has 4 aromatic carbocycles. The van der Waals surface area contributed by atoms with Crippen LogP contribution in [0.3, 0.4) is 0 Å². The summed E-state index contributed by atoms with van der Waals surface area (Å²) in [5.74, 6) is 0.381. The number of nitrogens with one attached hydrogen (secondary N) is 1. The number of benzene rings is 4. The molecule has 7 nitrogen and oxygen atoms in total. The highest BCUT2D eigenvalue weighted by atomic mass is 35.5. The lowest BCUT2D eigenvalue weighted by molar-refractivity contribution is -0.119. The second-order valence-electron chi connectivity index (χ2n) is 9.35. The van der Waals surface area contributed by atoms with Crippen molar-refractivity contribution in [2.75, 3.05) is 10.8 Å². The molecule has 0 aliphatic rings. The monoisotopic (exact) mass is 575 g/mol. The van der Waals surface area contributed by atoms with E-state index in [2.05, 4.69) is 24.4 Å². The van der Waals surface area contributed by atoms with Gasteiger partial charge in [-0.2, -0.15) is 5.10 Å². The van der Waals surface area contributed by atoms with E-state index in [1.165, 1.54) is 18.3 Å². The van der Waals surface area contributed by atoms with Crippen LogP contribution in [0.25, 0.3) is 0 Å². The van der Waals surface area contributed by atoms with Crippen molar-refractivity contribution < 1.29 is 17.9 Å². The summed E-state index contributed by atoms with van der Waals surface area (Å²) in [6, 6.07) is 29.8. The number of hydrazone groups is 1. The maximum atomic E-state index is 13.5. The Hall–Kier alpha value is -4.14. The van der Waals surface area contributed by atoms with Crippen LogP contribution in [0, 0.1) is 0 Å². The molecule has 4 aromatic rings. The van der Waals surface area contributed by atoms with Crippen LogP contribution in [-0.4, -0.2) is 27.1 Å². The number of sulfonamides is 1. The van der Waals surface area contributed by atoms with Crippen LogP contribution in [0.15, 0.2) is 113 Å². The van der Waals surface area contributed by atoms with Gasteiger partial charge >= 0.3 is 0 Å². The normalized spacial score (nSPS) is 11.5. The average molecular weight is 576 g/mol. The zero-order valence-electron chi connectivity index (χ0n) is 22.2. The number of carbonyl (C=O) groups excluding carboxylic acids is 1. The van der Waals surface area contributed by atoms with E-state index in [9.17, 15) is 13.2 Å². The van der Waals surface area contributed by atoms with Crippen molar-refractivity contribution in [2.45, 2.75) is 31.3 Å². The summed E-state index contributed by atoms with van der Waals surface area (Å²) >= 11 is 6.01. The second kappa shape index (κ2) is 13.3. The molecular formula is C31H30ClN3O4S. The summed E-state index contributed by atoms with van der Waals surface area (Å²) < 4.78 is 33.8. The summed E-state index contributed by atoms with van der Waals surface area (Å²) in [6.07, 6.45) is 1.48. The van der Waals surface area contributed by atoms with Gasteiger partial charge in [-0.3, -0.25) is 9.10 Å². The summed E-state index contributed by atoms with van der Waals surface area (Å²) in [4.78, 5) is 12.9. The fraction of sp³-hybridized carbons (Fsp3) is 0.161. The third-order valence-electron chi connectivity index (χ3n) is 6.04. The van der Waals surface area contributed by atoms with E-state index < -0.39 is 22.5 Å². The molecular weight excluding hydrogens is 546 g/mol. The summed E-state index contributed by atoms with van der Waals surface area (Å²) in [5.41, 5.74) is 5.58. The molecule has 0 saturated carbocycles. The van der Waals surface area contributed by atoms with Crippen LogP contribution < -0.4 is 14.5 Å². The highest BCUT2D eigenvalue weighted by Gasteiger charge is 2.27. The maximum Gasteiger partial charge on any atom is 0.264 e. The van der Waals surface area contributed by atoms with Crippen LogP contribution >= 0.6 is 11.6 Å². The van der Waals surface area contributed by atoms with Gasteiger partial charge in [0.05, 0.1) is 16.8 Å². The molecule has 0 saturated heterocycles. The molecule has 0 unspecified atom stereocenters. The number of hydrogen-bond acceptors (Lipinski definition) is 5. The Balaban J connectivity index is 1.41. The minimum absolute atomic E-state index is 0.0944. The van der Waals surface area contributed by atoms with Gasteiger partial charge in [0.15, 0.2) is 0 Å². The van der Waals surface area contributed by atoms with Gasteiger partial charge in [0.25, 0.3) is 15.9 Å². The van der Waals surface area contributed by atoms with Gasteiger partial charge < -0.3 is 4.74 Å². The largest absolute Gasteiger partial charge is 0.489 e. The Kier molecular flexibility index (Phi) is 9.58. The van der Waals surface area contributed by atoms with Crippen molar-refractivity contribution in [3.8, 4) is 5.75 Å². The van der Waals surface area contributed by atoms with Crippen LogP contribution in [0.5, 0.6) is 5.75 Å². The molecule has 4 rings (SSSR count). The molecule has 0 fully saturated rings. The number of nitrogens with zero attached hydrogens (tertiary/aromatic N) is 2. The number of anilines is 1. The van der Waals surface area contributed by atoms with Crippen molar-refractivity contribution >= 4 is 39.4 Å². The van der Waals surface area contributed by atoms with Crippen LogP contribution in [0.4, 0.5) is 5.69 Å². The molecule has 0 heterocycles. The summed E-state index contributed by atoms with van der Waals surface area (Å²) in [6.45, 7) is 4.06. The van der Waals surface area contributed by atoms with Gasteiger partial charge in [-0.15, -0.1) is 0 Å². The van der Waals surface area contributed by atoms with Crippen molar-refractivity contribution in [3.05, 3.63) is 125 Å². The van der Waals surface area contributed by atoms with E-state index in [4.69, 9.17) is 16.3 Å². The Bertz CT molecular complexity index is 1560. The molecule has 0 radical (unpaired) electrons. The lowest BCUT2D eigenvalue weighted by atomic mass is 10.0. The first-order valence-corrected chi connectivity index (χ1v) is 14.5. The smallest absolute Gasteiger partial charge is 0.264 e. The predicted octanol–water partition coefficient (Wildman–Crippen LogP) is 6.39. The van der Waals surface area contributed by atoms with Crippen molar-refractivity contribution in [2.24, 2.45) is 5.10 Å². The lowest BCUT2D eigenvalue weighted by Gasteiger charge is -2.24. The number of rotatable bonds is 11. The second-order valence-corrected chi connectivity index (χ2v) is 11.7. The fourth-order valence-electron chi connectivity index (χ4n) is 3.85. The summed E-state index contributed by atoms with van der Waals surface area (Å²) in [7, 11) is -3.99. The molecule has 0 aliphatic heterocycles. The quantitative estimate of drug-likeness (QED) is 0.166. The number of halogens is 1. The Morgan fingerprint density at radius 2 is 1.65 bits per heavy atom. The van der Waals surface area contributed by atoms with Gasteiger partial charge in [0.2, 0.25) is 0 Å². The van der Waals surface area contributed by atoms with Crippen LogP contribution in [0.1, 0.15) is 36.5 Å². The zero-order chi connectivity index (χ0) is 28.5. The Morgan fingerprint density at radius 1 is 0.950 bits per heavy atom. The zero-order valence-corrected chi connectivity index (χ0v) is 23.8. The highest BCUT2D eigenvalue weighted by molar-refractivity contribution is 7.92. The third kappa shape index (κ3) is 7.71. The van der Waals surface area contributed by atoms with E-state index >= 15 is 0 Å². The Morgan fingerprint density at radius 3 is 2.30 bits per heavy atom. The molecule has 9 heteroatoms. The third-order valence-corrected chi connectivity index (χ3v) is 8.07. The van der Waals surface area contributed by atoms with Crippen LogP contribution in [-0.2, 0) is 21.4 Å². The van der Waals surface area contributed by atoms with Gasteiger partial charge in [0.1, 0.15) is 18.9 Å². The first-order valence-electron chi connectivity index (χ1n) is 12.7. The van der Waals surface area contributed by atoms with Crippen molar-refractivity contribution in [3.63, 3.8) is 0 Å². The van der Waals surface area contributed by atoms with E-state index in [1.807, 2.05) is 36.4 Å². The van der Waals surface area contributed by atoms with Crippen LogP contribution in [0.2, 0.25) is 5.02 Å². The molecule has 0 aromatic heterocycles. The molecule has 0 atom stereocenters. The SMILES string of the molecule is CC(C)c1ccc(N(CC(=O)NN=Cc2ccc(OCc3cccc(Cl)c3)cc2)S(=O)(=O)c2ccccc2)cc1. The van der Waals surface area contributed by atoms with E-state index in [1.54, 1.807) is 54.6 Å². The van der Waals surface area contributed by atoms with E-state index in [0.29, 0.717) is 23.1 Å². The van der Waals surface area contributed by atoms with Crippen molar-refractivity contribution in [1.29, 1.82) is 0 Å². The first kappa shape index (κ1) is 28.9. The number of amides is 1. The lowest BCUT2D eigenvalue weighted by Crippen LogP contribution is -2.39. The fourth-order valence-corrected chi connectivity index (χ4v) is 5.50. The summed E-state index contributed by atoms with van der Waals surface area (Å²) in [5, 5.41) is 4.66. The first-order chi connectivity index (χ1) is 19.2. The van der Waals surface area contributed by atoms with Gasteiger partial charge in [-0.05, 0) is 83.3 Å². The van der Waals surface area contributed by atoms with E-state index in [-0.39, 0.29) is 10.8 Å². The number of hydrogen-bond donors (Lipinski definition) is 1. The standard InChI is InChI=1S/C31H30ClN3O4S/c1-23(2)26-13-15-28(16-14-26)35(40(37,38)30-9-4-3-5-10-30)21-31(36)34-33-20-24-11-17-29(18-12-24)39-22-25-7-6-8-27(32)19-25/h3-20,23H,21-22H2,1-2H3,(H,34,36). The molecule has 206 valence electrons. The minimum atomic E-state index is -3.99.